The van der Waals surface area contributed by atoms with Gasteiger partial charge in [0.1, 0.15) is 6.04 Å². The van der Waals surface area contributed by atoms with E-state index in [1.54, 1.807) is 0 Å². The lowest BCUT2D eigenvalue weighted by Gasteiger charge is -2.17. The average Bonchev–Trinajstić information content (AvgIpc) is 2.86. The van der Waals surface area contributed by atoms with Crippen molar-refractivity contribution >= 4 is 11.8 Å². The molecule has 1 aliphatic heterocycles. The van der Waals surface area contributed by atoms with Gasteiger partial charge in [0.2, 0.25) is 11.8 Å². The van der Waals surface area contributed by atoms with Crippen LogP contribution in [0.3, 0.4) is 0 Å². The first kappa shape index (κ1) is 16.4. The molecule has 0 bridgehead atoms. The van der Waals surface area contributed by atoms with Crippen LogP contribution in [0.15, 0.2) is 30.3 Å². The summed E-state index contributed by atoms with van der Waals surface area (Å²) in [6, 6.07) is 7.59. The molecule has 1 aromatic rings. The zero-order valence-corrected chi connectivity index (χ0v) is 12.2. The van der Waals surface area contributed by atoms with E-state index in [4.69, 9.17) is 0 Å². The van der Waals surface area contributed by atoms with Gasteiger partial charge in [-0.15, -0.1) is 0 Å². The van der Waals surface area contributed by atoms with E-state index in [2.05, 4.69) is 16.0 Å². The molecule has 120 valence electrons. The Labute approximate surface area is 127 Å². The highest BCUT2D eigenvalue weighted by Gasteiger charge is 2.42. The first-order chi connectivity index (χ1) is 10.4. The SMILES string of the molecule is CC(NC(=O)C1CC(F)(F)CN1)C(=O)NCc1ccccc1. The molecular weight excluding hydrogens is 292 g/mol. The van der Waals surface area contributed by atoms with Crippen LogP contribution in [0.25, 0.3) is 0 Å². The maximum absolute atomic E-state index is 13.0. The van der Waals surface area contributed by atoms with Gasteiger partial charge in [-0.25, -0.2) is 8.78 Å². The lowest BCUT2D eigenvalue weighted by atomic mass is 10.1. The van der Waals surface area contributed by atoms with Gasteiger partial charge in [0.05, 0.1) is 12.6 Å². The van der Waals surface area contributed by atoms with Crippen LogP contribution in [0.2, 0.25) is 0 Å². The number of benzene rings is 1. The predicted octanol–water partition coefficient (Wildman–Crippen LogP) is 0.805. The van der Waals surface area contributed by atoms with Crippen molar-refractivity contribution in [1.82, 2.24) is 16.0 Å². The summed E-state index contributed by atoms with van der Waals surface area (Å²) in [6.45, 7) is 1.35. The minimum Gasteiger partial charge on any atom is -0.350 e. The smallest absolute Gasteiger partial charge is 0.262 e. The number of hydrogen-bond acceptors (Lipinski definition) is 3. The average molecular weight is 311 g/mol. The van der Waals surface area contributed by atoms with Crippen molar-refractivity contribution in [2.24, 2.45) is 0 Å². The molecule has 1 aromatic carbocycles. The molecule has 1 heterocycles. The van der Waals surface area contributed by atoms with Crippen molar-refractivity contribution in [1.29, 1.82) is 0 Å². The summed E-state index contributed by atoms with van der Waals surface area (Å²) in [4.78, 5) is 23.7. The molecule has 0 spiro atoms. The van der Waals surface area contributed by atoms with Gasteiger partial charge in [-0.3, -0.25) is 14.9 Å². The molecule has 7 heteroatoms. The fourth-order valence-corrected chi connectivity index (χ4v) is 2.22. The molecule has 2 atom stereocenters. The number of hydrogen-bond donors (Lipinski definition) is 3. The van der Waals surface area contributed by atoms with E-state index >= 15 is 0 Å². The standard InChI is InChI=1S/C15H19F2N3O2/c1-10(13(21)18-8-11-5-3-2-4-6-11)20-14(22)12-7-15(16,17)9-19-12/h2-6,10,12,19H,7-9H2,1H3,(H,18,21)(H,20,22). The Morgan fingerprint density at radius 2 is 2.05 bits per heavy atom. The summed E-state index contributed by atoms with van der Waals surface area (Å²) in [5, 5.41) is 7.59. The number of alkyl halides is 2. The number of carbonyl (C=O) groups is 2. The van der Waals surface area contributed by atoms with Crippen molar-refractivity contribution in [3.05, 3.63) is 35.9 Å². The topological polar surface area (TPSA) is 70.2 Å². The van der Waals surface area contributed by atoms with E-state index in [0.717, 1.165) is 5.56 Å². The predicted molar refractivity (Wildman–Crippen MR) is 77.2 cm³/mol. The zero-order chi connectivity index (χ0) is 16.2. The van der Waals surface area contributed by atoms with E-state index in [9.17, 15) is 18.4 Å². The maximum Gasteiger partial charge on any atom is 0.262 e. The van der Waals surface area contributed by atoms with Gasteiger partial charge in [-0.2, -0.15) is 0 Å². The first-order valence-electron chi connectivity index (χ1n) is 7.10. The zero-order valence-electron chi connectivity index (χ0n) is 12.2. The van der Waals surface area contributed by atoms with Crippen molar-refractivity contribution in [2.75, 3.05) is 6.54 Å². The monoisotopic (exact) mass is 311 g/mol. The van der Waals surface area contributed by atoms with Crippen LogP contribution in [0.5, 0.6) is 0 Å². The molecule has 1 aliphatic rings. The Bertz CT molecular complexity index is 537. The molecule has 0 saturated carbocycles. The fraction of sp³-hybridized carbons (Fsp3) is 0.467. The highest BCUT2D eigenvalue weighted by atomic mass is 19.3. The van der Waals surface area contributed by atoms with E-state index in [-0.39, 0.29) is 5.91 Å². The Hall–Kier alpha value is -2.02. The van der Waals surface area contributed by atoms with Gasteiger partial charge < -0.3 is 10.6 Å². The molecule has 0 aromatic heterocycles. The maximum atomic E-state index is 13.0. The van der Waals surface area contributed by atoms with Crippen molar-refractivity contribution < 1.29 is 18.4 Å². The van der Waals surface area contributed by atoms with Gasteiger partial charge in [0.15, 0.2) is 0 Å². The van der Waals surface area contributed by atoms with Gasteiger partial charge in [-0.1, -0.05) is 30.3 Å². The molecule has 2 rings (SSSR count). The van der Waals surface area contributed by atoms with Crippen LogP contribution < -0.4 is 16.0 Å². The molecular formula is C15H19F2N3O2. The summed E-state index contributed by atoms with van der Waals surface area (Å²) in [7, 11) is 0. The second-order valence-electron chi connectivity index (χ2n) is 5.43. The summed E-state index contributed by atoms with van der Waals surface area (Å²) in [5.74, 6) is -3.82. The third-order valence-corrected chi connectivity index (χ3v) is 3.49. The summed E-state index contributed by atoms with van der Waals surface area (Å²) >= 11 is 0. The van der Waals surface area contributed by atoms with E-state index in [0.29, 0.717) is 6.54 Å². The molecule has 2 amide bonds. The second-order valence-corrected chi connectivity index (χ2v) is 5.43. The van der Waals surface area contributed by atoms with Gasteiger partial charge >= 0.3 is 0 Å². The Kier molecular flexibility index (Phi) is 5.07. The fourth-order valence-electron chi connectivity index (χ4n) is 2.22. The highest BCUT2D eigenvalue weighted by molar-refractivity contribution is 5.89. The Morgan fingerprint density at radius 3 is 2.64 bits per heavy atom. The van der Waals surface area contributed by atoms with Crippen molar-refractivity contribution in [3.63, 3.8) is 0 Å². The first-order valence-corrected chi connectivity index (χ1v) is 7.10. The molecule has 5 nitrogen and oxygen atoms in total. The molecule has 2 unspecified atom stereocenters. The normalized spacial score (nSPS) is 21.1. The van der Waals surface area contributed by atoms with Crippen LogP contribution in [-0.4, -0.2) is 36.4 Å². The van der Waals surface area contributed by atoms with E-state index in [1.165, 1.54) is 6.92 Å². The molecule has 1 saturated heterocycles. The molecule has 22 heavy (non-hydrogen) atoms. The quantitative estimate of drug-likeness (QED) is 0.753. The van der Waals surface area contributed by atoms with Gasteiger partial charge in [0, 0.05) is 13.0 Å². The summed E-state index contributed by atoms with van der Waals surface area (Å²) in [6.07, 6.45) is -0.544. The van der Waals surface area contributed by atoms with Crippen LogP contribution in [0.1, 0.15) is 18.9 Å². The summed E-state index contributed by atoms with van der Waals surface area (Å²) in [5.41, 5.74) is 0.937. The Morgan fingerprint density at radius 1 is 1.36 bits per heavy atom. The minimum atomic E-state index is -2.87. The molecule has 3 N–H and O–H groups in total. The van der Waals surface area contributed by atoms with Crippen LogP contribution in [0.4, 0.5) is 8.78 Å². The third-order valence-electron chi connectivity index (χ3n) is 3.49. The lowest BCUT2D eigenvalue weighted by molar-refractivity contribution is -0.129. The van der Waals surface area contributed by atoms with Crippen molar-refractivity contribution in [3.8, 4) is 0 Å². The number of nitrogens with one attached hydrogen (secondary N) is 3. The number of amides is 2. The number of carbonyl (C=O) groups excluding carboxylic acids is 2. The highest BCUT2D eigenvalue weighted by Crippen LogP contribution is 2.25. The van der Waals surface area contributed by atoms with E-state index < -0.39 is 36.9 Å². The van der Waals surface area contributed by atoms with Gasteiger partial charge in [-0.05, 0) is 12.5 Å². The largest absolute Gasteiger partial charge is 0.350 e. The molecule has 0 radical (unpaired) electrons. The third kappa shape index (κ3) is 4.49. The molecule has 0 aliphatic carbocycles. The number of rotatable bonds is 5. The molecule has 1 fully saturated rings. The van der Waals surface area contributed by atoms with Crippen LogP contribution in [0, 0.1) is 0 Å². The van der Waals surface area contributed by atoms with Crippen LogP contribution in [-0.2, 0) is 16.1 Å². The minimum absolute atomic E-state index is 0.347. The van der Waals surface area contributed by atoms with Crippen molar-refractivity contribution in [2.45, 2.75) is 37.9 Å². The Balaban J connectivity index is 1.77. The number of halogens is 2. The van der Waals surface area contributed by atoms with E-state index in [1.807, 2.05) is 30.3 Å². The lowest BCUT2D eigenvalue weighted by Crippen LogP contribution is -2.49. The summed E-state index contributed by atoms with van der Waals surface area (Å²) < 4.78 is 26.1. The second kappa shape index (κ2) is 6.83. The van der Waals surface area contributed by atoms with Crippen LogP contribution >= 0.6 is 0 Å². The van der Waals surface area contributed by atoms with Gasteiger partial charge in [0.25, 0.3) is 5.92 Å².